The average Bonchev–Trinajstić information content (AvgIpc) is 2.35. The Hall–Kier alpha value is -1.54. The van der Waals surface area contributed by atoms with Crippen molar-refractivity contribution in [3.63, 3.8) is 0 Å². The van der Waals surface area contributed by atoms with Crippen LogP contribution in [0.3, 0.4) is 0 Å². The molecule has 1 heterocycles. The van der Waals surface area contributed by atoms with E-state index in [1.165, 1.54) is 11.8 Å². The number of nitrogens with one attached hydrogen (secondary N) is 1. The zero-order chi connectivity index (χ0) is 15.4. The lowest BCUT2D eigenvalue weighted by Gasteiger charge is -2.16. The maximum absolute atomic E-state index is 12.0. The number of hydrogen-bond donors (Lipinski definition) is 1. The topological polar surface area (TPSA) is 65.8 Å². The Bertz CT molecular complexity index is 561. The summed E-state index contributed by atoms with van der Waals surface area (Å²) in [7, 11) is 0. The van der Waals surface area contributed by atoms with Crippen LogP contribution in [-0.2, 0) is 4.79 Å². The molecule has 20 heavy (non-hydrogen) atoms. The van der Waals surface area contributed by atoms with E-state index in [0.29, 0.717) is 10.6 Å². The van der Waals surface area contributed by atoms with Gasteiger partial charge in [-0.1, -0.05) is 11.8 Å². The summed E-state index contributed by atoms with van der Waals surface area (Å²) in [5, 5.41) is 12.5. The molecule has 108 valence electrons. The van der Waals surface area contributed by atoms with Crippen molar-refractivity contribution < 1.29 is 4.79 Å². The van der Waals surface area contributed by atoms with Gasteiger partial charge in [-0.05, 0) is 52.7 Å². The average molecular weight is 291 g/mol. The van der Waals surface area contributed by atoms with Crippen molar-refractivity contribution in [3.8, 4) is 6.07 Å². The highest BCUT2D eigenvalue weighted by molar-refractivity contribution is 8.00. The second kappa shape index (κ2) is 6.76. The fourth-order valence-corrected chi connectivity index (χ4v) is 2.77. The molecule has 0 fully saturated rings. The Morgan fingerprint density at radius 2 is 1.85 bits per heavy atom. The monoisotopic (exact) mass is 291 g/mol. The zero-order valence-corrected chi connectivity index (χ0v) is 13.7. The molecule has 0 saturated heterocycles. The van der Waals surface area contributed by atoms with Crippen LogP contribution < -0.4 is 5.32 Å². The summed E-state index contributed by atoms with van der Waals surface area (Å²) < 4.78 is 0. The lowest BCUT2D eigenvalue weighted by atomic mass is 10.1. The van der Waals surface area contributed by atoms with Crippen LogP contribution >= 0.6 is 11.8 Å². The summed E-state index contributed by atoms with van der Waals surface area (Å²) in [6.45, 7) is 11.5. The maximum Gasteiger partial charge on any atom is 0.233 e. The molecule has 1 rings (SSSR count). The molecule has 0 radical (unpaired) electrons. The molecule has 0 aromatic carbocycles. The van der Waals surface area contributed by atoms with E-state index < -0.39 is 0 Å². The van der Waals surface area contributed by atoms with Gasteiger partial charge < -0.3 is 5.32 Å². The molecule has 0 bridgehead atoms. The van der Waals surface area contributed by atoms with E-state index in [9.17, 15) is 10.1 Å². The molecular formula is C15H21N3OS. The molecule has 0 saturated carbocycles. The third-order valence-corrected chi connectivity index (χ3v) is 4.25. The highest BCUT2D eigenvalue weighted by Gasteiger charge is 2.20. The fraction of sp³-hybridized carbons (Fsp3) is 0.533. The largest absolute Gasteiger partial charge is 0.353 e. The van der Waals surface area contributed by atoms with Gasteiger partial charge in [0, 0.05) is 11.7 Å². The minimum atomic E-state index is -0.279. The Labute approximate surface area is 125 Å². The quantitative estimate of drug-likeness (QED) is 0.866. The van der Waals surface area contributed by atoms with Crippen LogP contribution in [0.25, 0.3) is 0 Å². The Morgan fingerprint density at radius 3 is 2.35 bits per heavy atom. The van der Waals surface area contributed by atoms with E-state index in [1.807, 2.05) is 41.5 Å². The molecule has 1 aromatic rings. The van der Waals surface area contributed by atoms with Crippen molar-refractivity contribution >= 4 is 17.7 Å². The van der Waals surface area contributed by atoms with Crippen molar-refractivity contribution in [1.29, 1.82) is 5.26 Å². The molecule has 1 amide bonds. The van der Waals surface area contributed by atoms with Gasteiger partial charge in [0.2, 0.25) is 5.91 Å². The highest BCUT2D eigenvalue weighted by Crippen LogP contribution is 2.29. The lowest BCUT2D eigenvalue weighted by Crippen LogP contribution is -2.36. The van der Waals surface area contributed by atoms with Gasteiger partial charge in [-0.15, -0.1) is 0 Å². The Balaban J connectivity index is 3.04. The maximum atomic E-state index is 12.0. The third-order valence-electron chi connectivity index (χ3n) is 3.16. The van der Waals surface area contributed by atoms with Gasteiger partial charge in [-0.2, -0.15) is 5.26 Å². The second-order valence-electron chi connectivity index (χ2n) is 5.16. The number of nitriles is 1. The zero-order valence-electron chi connectivity index (χ0n) is 12.9. The molecule has 1 atom stereocenters. The predicted octanol–water partition coefficient (Wildman–Crippen LogP) is 2.88. The number of pyridine rings is 1. The Kier molecular flexibility index (Phi) is 5.58. The number of rotatable bonds is 4. The molecule has 1 N–H and O–H groups in total. The summed E-state index contributed by atoms with van der Waals surface area (Å²) in [5.41, 5.74) is 3.45. The predicted molar refractivity (Wildman–Crippen MR) is 81.8 cm³/mol. The summed E-state index contributed by atoms with van der Waals surface area (Å²) >= 11 is 1.34. The van der Waals surface area contributed by atoms with Gasteiger partial charge in [0.25, 0.3) is 0 Å². The van der Waals surface area contributed by atoms with Crippen LogP contribution in [0.1, 0.15) is 43.2 Å². The summed E-state index contributed by atoms with van der Waals surface area (Å²) in [5.74, 6) is -0.0356. The number of carbonyl (C=O) groups excluding carboxylic acids is 1. The van der Waals surface area contributed by atoms with Crippen molar-refractivity contribution in [3.05, 3.63) is 22.4 Å². The van der Waals surface area contributed by atoms with E-state index >= 15 is 0 Å². The SMILES string of the molecule is Cc1nc(SC(C)C(=O)NC(C)C)c(C#N)c(C)c1C. The number of amides is 1. The van der Waals surface area contributed by atoms with Crippen LogP contribution in [0, 0.1) is 32.1 Å². The molecule has 4 nitrogen and oxygen atoms in total. The molecule has 1 aromatic heterocycles. The molecule has 0 spiro atoms. The summed E-state index contributed by atoms with van der Waals surface area (Å²) in [6.07, 6.45) is 0. The van der Waals surface area contributed by atoms with Crippen molar-refractivity contribution in [1.82, 2.24) is 10.3 Å². The van der Waals surface area contributed by atoms with Gasteiger partial charge in [0.15, 0.2) is 0 Å². The van der Waals surface area contributed by atoms with E-state index in [0.717, 1.165) is 16.8 Å². The van der Waals surface area contributed by atoms with E-state index in [4.69, 9.17) is 0 Å². The van der Waals surface area contributed by atoms with Gasteiger partial charge in [-0.3, -0.25) is 4.79 Å². The number of carbonyl (C=O) groups is 1. The standard InChI is InChI=1S/C15H21N3OS/c1-8(2)17-14(19)12(6)20-15-13(7-16)10(4)9(3)11(5)18-15/h8,12H,1-6H3,(H,17,19). The second-order valence-corrected chi connectivity index (χ2v) is 6.49. The molecule has 0 aliphatic heterocycles. The number of aromatic nitrogens is 1. The smallest absolute Gasteiger partial charge is 0.233 e. The van der Waals surface area contributed by atoms with Gasteiger partial charge in [0.05, 0.1) is 10.8 Å². The van der Waals surface area contributed by atoms with E-state index in [1.54, 1.807) is 0 Å². The number of aryl methyl sites for hydroxylation is 1. The van der Waals surface area contributed by atoms with Gasteiger partial charge >= 0.3 is 0 Å². The van der Waals surface area contributed by atoms with Gasteiger partial charge in [-0.25, -0.2) is 4.98 Å². The highest BCUT2D eigenvalue weighted by atomic mass is 32.2. The minimum Gasteiger partial charge on any atom is -0.353 e. The van der Waals surface area contributed by atoms with Crippen LogP contribution in [0.15, 0.2) is 5.03 Å². The van der Waals surface area contributed by atoms with Crippen molar-refractivity contribution in [2.75, 3.05) is 0 Å². The van der Waals surface area contributed by atoms with E-state index in [2.05, 4.69) is 16.4 Å². The molecular weight excluding hydrogens is 270 g/mol. The first-order chi connectivity index (χ1) is 9.27. The fourth-order valence-electron chi connectivity index (χ4n) is 1.75. The first kappa shape index (κ1) is 16.5. The number of hydrogen-bond acceptors (Lipinski definition) is 4. The van der Waals surface area contributed by atoms with Crippen molar-refractivity contribution in [2.45, 2.75) is 57.9 Å². The van der Waals surface area contributed by atoms with Gasteiger partial charge in [0.1, 0.15) is 11.1 Å². The summed E-state index contributed by atoms with van der Waals surface area (Å²) in [6, 6.07) is 2.31. The van der Waals surface area contributed by atoms with E-state index in [-0.39, 0.29) is 17.2 Å². The molecule has 5 heteroatoms. The first-order valence-electron chi connectivity index (χ1n) is 6.62. The van der Waals surface area contributed by atoms with Crippen LogP contribution in [-0.4, -0.2) is 22.2 Å². The number of nitrogens with zero attached hydrogens (tertiary/aromatic N) is 2. The van der Waals surface area contributed by atoms with Crippen LogP contribution in [0.5, 0.6) is 0 Å². The third kappa shape index (κ3) is 3.73. The minimum absolute atomic E-state index is 0.0356. The molecule has 0 aliphatic carbocycles. The van der Waals surface area contributed by atoms with Crippen LogP contribution in [0.4, 0.5) is 0 Å². The Morgan fingerprint density at radius 1 is 1.25 bits per heavy atom. The summed E-state index contributed by atoms with van der Waals surface area (Å²) in [4.78, 5) is 16.4. The van der Waals surface area contributed by atoms with Crippen molar-refractivity contribution in [2.24, 2.45) is 0 Å². The normalized spacial score (nSPS) is 12.1. The van der Waals surface area contributed by atoms with Crippen LogP contribution in [0.2, 0.25) is 0 Å². The lowest BCUT2D eigenvalue weighted by molar-refractivity contribution is -0.120. The first-order valence-corrected chi connectivity index (χ1v) is 7.50. The molecule has 1 unspecified atom stereocenters. The number of thioether (sulfide) groups is 1. The molecule has 0 aliphatic rings.